The van der Waals surface area contributed by atoms with Crippen LogP contribution >= 0.6 is 0 Å². The maximum absolute atomic E-state index is 15.9. The molecule has 1 unspecified atom stereocenters. The van der Waals surface area contributed by atoms with Gasteiger partial charge in [-0.3, -0.25) is 19.3 Å². The van der Waals surface area contributed by atoms with Crippen molar-refractivity contribution in [1.29, 1.82) is 0 Å². The van der Waals surface area contributed by atoms with Gasteiger partial charge in [-0.15, -0.1) is 0 Å². The Morgan fingerprint density at radius 2 is 1.49 bits per heavy atom. The molecule has 4 fully saturated rings. The lowest BCUT2D eigenvalue weighted by molar-refractivity contribution is -0.305. The van der Waals surface area contributed by atoms with Gasteiger partial charge >= 0.3 is 18.0 Å². The fourth-order valence-corrected chi connectivity index (χ4v) is 12.4. The number of aliphatic hydroxyl groups excluding tert-OH is 2. The molecule has 4 N–H and O–H groups in total. The number of Topliss-reactive ketones (excluding diaryl/α,β-unsaturated/α-hetero) is 1. The third-order valence-corrected chi connectivity index (χ3v) is 16.6. The van der Waals surface area contributed by atoms with Crippen LogP contribution in [-0.4, -0.2) is 194 Å². The molecule has 4 aliphatic rings. The monoisotopic (exact) mass is 1180 g/mol. The number of methoxy groups -OCH3 is 2. The normalized spacial score (nSPS) is 38.4. The summed E-state index contributed by atoms with van der Waals surface area (Å²) in [4.78, 5) is 67.0. The maximum Gasteiger partial charge on any atom is 0.408 e. The van der Waals surface area contributed by atoms with Gasteiger partial charge in [-0.05, 0) is 79.2 Å². The number of rotatable bonds is 19. The number of β-amino-alcohol motifs (C(OH)–C–C–N with tert-alkyl or cyclic N) is 1. The lowest BCUT2D eigenvalue weighted by Gasteiger charge is -2.45. The molecule has 474 valence electrons. The van der Waals surface area contributed by atoms with Gasteiger partial charge in [-0.2, -0.15) is 0 Å². The van der Waals surface area contributed by atoms with E-state index in [0.29, 0.717) is 19.5 Å². The number of nitrogens with zero attached hydrogens (tertiary/aromatic N) is 2. The van der Waals surface area contributed by atoms with Gasteiger partial charge < -0.3 is 77.6 Å². The summed E-state index contributed by atoms with van der Waals surface area (Å²) in [5.74, 6) is -7.65. The Bertz CT molecular complexity index is 2240. The number of nitrogens with one attached hydrogen (secondary N) is 1. The number of hydrogen-bond acceptors (Lipinski definition) is 21. The van der Waals surface area contributed by atoms with E-state index in [0.717, 1.165) is 5.56 Å². The highest BCUT2D eigenvalue weighted by atomic mass is 16.7. The Balaban J connectivity index is 1.71. The Hall–Kier alpha value is -3.91. The number of ether oxygens (including phenoxy) is 11. The second kappa shape index (κ2) is 31.1. The van der Waals surface area contributed by atoms with Crippen LogP contribution in [0.2, 0.25) is 0 Å². The van der Waals surface area contributed by atoms with Crippen LogP contribution in [0.15, 0.2) is 35.5 Å². The van der Waals surface area contributed by atoms with Crippen molar-refractivity contribution in [2.75, 3.05) is 41.0 Å². The summed E-state index contributed by atoms with van der Waals surface area (Å²) in [5.41, 5.74) is -1.95. The number of oxime groups is 1. The highest BCUT2D eigenvalue weighted by Gasteiger charge is 2.53. The minimum absolute atomic E-state index is 0.00443. The molecule has 4 saturated heterocycles. The molecule has 22 atom stereocenters. The molecule has 22 nitrogen and oxygen atoms in total. The van der Waals surface area contributed by atoms with Crippen LogP contribution in [0.3, 0.4) is 0 Å². The van der Waals surface area contributed by atoms with E-state index in [1.54, 1.807) is 55.4 Å². The van der Waals surface area contributed by atoms with Gasteiger partial charge in [-0.25, -0.2) is 4.79 Å². The van der Waals surface area contributed by atoms with Crippen LogP contribution in [-0.2, 0) is 77.9 Å². The van der Waals surface area contributed by atoms with Crippen LogP contribution in [0.4, 0.5) is 4.79 Å². The molecule has 0 saturated carbocycles. The van der Waals surface area contributed by atoms with E-state index >= 15 is 9.59 Å². The summed E-state index contributed by atoms with van der Waals surface area (Å²) in [6.07, 6.45) is -14.2. The number of alkyl carbamates (subject to hydrolysis) is 1. The van der Waals surface area contributed by atoms with Crippen molar-refractivity contribution in [3.05, 3.63) is 35.9 Å². The molecule has 5 rings (SSSR count). The number of benzene rings is 1. The molecule has 0 bridgehead atoms. The number of ketones is 1. The first kappa shape index (κ1) is 69.9. The van der Waals surface area contributed by atoms with Gasteiger partial charge in [0.1, 0.15) is 43.7 Å². The topological polar surface area (TPSA) is 267 Å². The summed E-state index contributed by atoms with van der Waals surface area (Å²) < 4.78 is 70.7. The fraction of sp³-hybridized carbons (Fsp3) is 0.820. The van der Waals surface area contributed by atoms with Crippen LogP contribution < -0.4 is 5.32 Å². The molecule has 4 heterocycles. The van der Waals surface area contributed by atoms with E-state index < -0.39 is 157 Å². The molecular weight excluding hydrogens is 1080 g/mol. The molecule has 0 spiro atoms. The van der Waals surface area contributed by atoms with Gasteiger partial charge in [0.2, 0.25) is 0 Å². The molecule has 0 aromatic heterocycles. The molecule has 4 aliphatic heterocycles. The maximum atomic E-state index is 15.9. The summed E-state index contributed by atoms with van der Waals surface area (Å²) >= 11 is 0. The van der Waals surface area contributed by atoms with Crippen molar-refractivity contribution >= 4 is 29.5 Å². The van der Waals surface area contributed by atoms with Gasteiger partial charge in [-0.1, -0.05) is 84.0 Å². The minimum atomic E-state index is -1.98. The number of amides is 1. The number of carbonyl (C=O) groups is 4. The van der Waals surface area contributed by atoms with E-state index in [4.69, 9.17) is 56.9 Å². The Kier molecular flexibility index (Phi) is 26.2. The van der Waals surface area contributed by atoms with Crippen LogP contribution in [0.5, 0.6) is 0 Å². The fourth-order valence-electron chi connectivity index (χ4n) is 12.4. The summed E-state index contributed by atoms with van der Waals surface area (Å²) in [7, 11) is 4.27. The van der Waals surface area contributed by atoms with E-state index in [9.17, 15) is 24.9 Å². The average Bonchev–Trinajstić information content (AvgIpc) is 3.21. The second-order valence-electron chi connectivity index (χ2n) is 25.3. The van der Waals surface area contributed by atoms with Crippen molar-refractivity contribution in [3.8, 4) is 0 Å². The number of hydrogen-bond donors (Lipinski definition) is 4. The Morgan fingerprint density at radius 1 is 0.831 bits per heavy atom. The van der Waals surface area contributed by atoms with Crippen LogP contribution in [0.1, 0.15) is 135 Å². The van der Waals surface area contributed by atoms with Gasteiger partial charge in [0.25, 0.3) is 0 Å². The zero-order valence-electron chi connectivity index (χ0n) is 52.5. The predicted molar refractivity (Wildman–Crippen MR) is 305 cm³/mol. The van der Waals surface area contributed by atoms with Gasteiger partial charge in [0.05, 0.1) is 60.3 Å². The molecule has 0 aliphatic carbocycles. The van der Waals surface area contributed by atoms with Gasteiger partial charge in [0.15, 0.2) is 30.3 Å². The van der Waals surface area contributed by atoms with Crippen molar-refractivity contribution in [3.63, 3.8) is 0 Å². The second-order valence-corrected chi connectivity index (χ2v) is 25.3. The minimum Gasteiger partial charge on any atom is -0.461 e. The number of esters is 2. The Labute approximate surface area is 492 Å². The molecule has 83 heavy (non-hydrogen) atoms. The molecule has 1 amide bonds. The first-order valence-corrected chi connectivity index (χ1v) is 29.7. The van der Waals surface area contributed by atoms with Gasteiger partial charge in [0, 0.05) is 76.9 Å². The van der Waals surface area contributed by atoms with E-state index in [1.165, 1.54) is 28.3 Å². The van der Waals surface area contributed by atoms with Crippen molar-refractivity contribution in [2.45, 2.75) is 239 Å². The molecule has 1 aromatic rings. The average molecular weight is 1180 g/mol. The van der Waals surface area contributed by atoms with Crippen LogP contribution in [0, 0.1) is 41.4 Å². The largest absolute Gasteiger partial charge is 0.461 e. The zero-order valence-corrected chi connectivity index (χ0v) is 52.5. The third-order valence-electron chi connectivity index (χ3n) is 16.6. The van der Waals surface area contributed by atoms with E-state index in [2.05, 4.69) is 15.4 Å². The SMILES string of the molecule is CO/N=C1\C[C@@H](C)O[C@@H](O[C@@H]2[C@@H](C)[C@H](O[C@H]3C[C@H](C)N(CC(C)(C)O)C[C@H](C)O3)[C@@H](C)C(=O)O[C@H](C(C)CO[C@@H]3O[C@H](C)[C@@H](O)[C@@H](OC)[C@H]3OC)[C@H](C)[C@@H](OC(=O)CC(C)C)[C@@H](C)C(=O)[C@@](C)(OC(=O)NCc3ccccc3)C[C@@H]2C)[C@@H]1O. The number of aliphatic hydroxyl groups is 3. The molecule has 1 aromatic carbocycles. The van der Waals surface area contributed by atoms with Crippen molar-refractivity contribution in [2.24, 2.45) is 46.6 Å². The lowest BCUT2D eigenvalue weighted by Crippen LogP contribution is -2.59. The number of carbonyl (C=O) groups excluding carboxylic acids is 4. The molecular formula is C61H101N3O19. The standard InChI is InChI=1S/C61H101N3O19/c1-32(2)24-45(65)79-51-39(9)50(34(4)30-75-58-54(73-17)53(72-16)47(66)42(12)78-58)81-56(69)41(11)52(80-46-25-35(5)64(29-37(7)76-46)31-60(13,14)71)38(8)49(82-57-48(67)44(63-74-18)26-36(6)77-57)33(3)27-61(15,55(68)40(51)10)83-59(70)62-28-43-22-20-19-21-23-43/h19-23,32-42,46-54,57-58,66-67,71H,24-31H2,1-18H3,(H,62,70)/b63-44+/t33-,34?,35-,36+,37-,38+,39-,40+,41+,42+,46-,47+,48+,49-,50+,51+,52-,53+,54+,57-,58+,61-/m0/s1. The zero-order chi connectivity index (χ0) is 61.8. The lowest BCUT2D eigenvalue weighted by atomic mass is 9.74. The first-order valence-electron chi connectivity index (χ1n) is 29.7. The van der Waals surface area contributed by atoms with E-state index in [-0.39, 0.29) is 50.1 Å². The number of cyclic esters (lactones) is 1. The summed E-state index contributed by atoms with van der Waals surface area (Å²) in [6, 6.07) is 9.04. The quantitative estimate of drug-likeness (QED) is 0.0668. The van der Waals surface area contributed by atoms with Crippen molar-refractivity contribution in [1.82, 2.24) is 10.2 Å². The van der Waals surface area contributed by atoms with Crippen molar-refractivity contribution < 1.29 is 91.4 Å². The third kappa shape index (κ3) is 19.0. The highest BCUT2D eigenvalue weighted by Crippen LogP contribution is 2.41. The Morgan fingerprint density at radius 3 is 2.11 bits per heavy atom. The highest BCUT2D eigenvalue weighted by molar-refractivity contribution is 5.91. The summed E-state index contributed by atoms with van der Waals surface area (Å²) in [6.45, 7) is 27.4. The predicted octanol–water partition coefficient (Wildman–Crippen LogP) is 6.35. The smallest absolute Gasteiger partial charge is 0.408 e. The van der Waals surface area contributed by atoms with Crippen LogP contribution in [0.25, 0.3) is 0 Å². The van der Waals surface area contributed by atoms with E-state index in [1.807, 2.05) is 71.9 Å². The first-order chi connectivity index (χ1) is 38.9. The molecule has 22 heteroatoms. The summed E-state index contributed by atoms with van der Waals surface area (Å²) in [5, 5.41) is 40.7. The molecule has 0 radical (unpaired) electrons.